The molecule has 5 nitrogen and oxygen atoms in total. The highest BCUT2D eigenvalue weighted by molar-refractivity contribution is 5.74. The SMILES string of the molecule is COc1ccccc1CCN(CCNC(C)=O)C(C)=O. The van der Waals surface area contributed by atoms with Gasteiger partial charge in [-0.1, -0.05) is 18.2 Å². The van der Waals surface area contributed by atoms with E-state index in [-0.39, 0.29) is 11.8 Å². The van der Waals surface area contributed by atoms with E-state index >= 15 is 0 Å². The van der Waals surface area contributed by atoms with Crippen LogP contribution in [0.2, 0.25) is 0 Å². The number of carbonyl (C=O) groups excluding carboxylic acids is 2. The molecule has 110 valence electrons. The Morgan fingerprint density at radius 1 is 1.20 bits per heavy atom. The van der Waals surface area contributed by atoms with Crippen LogP contribution < -0.4 is 10.1 Å². The number of methoxy groups -OCH3 is 1. The minimum Gasteiger partial charge on any atom is -0.496 e. The van der Waals surface area contributed by atoms with Gasteiger partial charge in [-0.2, -0.15) is 0 Å². The summed E-state index contributed by atoms with van der Waals surface area (Å²) in [6.45, 7) is 4.60. The van der Waals surface area contributed by atoms with Gasteiger partial charge < -0.3 is 15.0 Å². The van der Waals surface area contributed by atoms with Gasteiger partial charge in [0.15, 0.2) is 0 Å². The molecule has 0 heterocycles. The van der Waals surface area contributed by atoms with E-state index < -0.39 is 0 Å². The zero-order valence-electron chi connectivity index (χ0n) is 12.3. The van der Waals surface area contributed by atoms with Crippen molar-refractivity contribution in [1.29, 1.82) is 0 Å². The third-order valence-electron chi connectivity index (χ3n) is 3.04. The van der Waals surface area contributed by atoms with Crippen molar-refractivity contribution < 1.29 is 14.3 Å². The molecule has 1 rings (SSSR count). The Morgan fingerprint density at radius 2 is 1.90 bits per heavy atom. The number of nitrogens with zero attached hydrogens (tertiary/aromatic N) is 1. The molecule has 0 aliphatic rings. The summed E-state index contributed by atoms with van der Waals surface area (Å²) in [5, 5.41) is 2.69. The molecule has 0 spiro atoms. The maximum atomic E-state index is 11.6. The molecule has 5 heteroatoms. The Hall–Kier alpha value is -2.04. The highest BCUT2D eigenvalue weighted by atomic mass is 16.5. The van der Waals surface area contributed by atoms with Crippen LogP contribution in [0.3, 0.4) is 0 Å². The molecule has 2 amide bonds. The minimum absolute atomic E-state index is 0.00486. The number of rotatable bonds is 7. The first-order chi connectivity index (χ1) is 9.54. The van der Waals surface area contributed by atoms with Crippen molar-refractivity contribution in [3.63, 3.8) is 0 Å². The van der Waals surface area contributed by atoms with E-state index in [0.29, 0.717) is 19.6 Å². The summed E-state index contributed by atoms with van der Waals surface area (Å²) in [6.07, 6.45) is 0.726. The molecule has 0 fully saturated rings. The van der Waals surface area contributed by atoms with E-state index in [4.69, 9.17) is 4.74 Å². The molecule has 0 bridgehead atoms. The predicted molar refractivity (Wildman–Crippen MR) is 77.6 cm³/mol. The number of hydrogen-bond donors (Lipinski definition) is 1. The van der Waals surface area contributed by atoms with Gasteiger partial charge in [0.25, 0.3) is 0 Å². The molecule has 0 unspecified atom stereocenters. The van der Waals surface area contributed by atoms with Crippen LogP contribution in [0.25, 0.3) is 0 Å². The van der Waals surface area contributed by atoms with Gasteiger partial charge in [0, 0.05) is 33.5 Å². The van der Waals surface area contributed by atoms with Gasteiger partial charge >= 0.3 is 0 Å². The summed E-state index contributed by atoms with van der Waals surface area (Å²) in [5.41, 5.74) is 1.07. The Morgan fingerprint density at radius 3 is 2.50 bits per heavy atom. The van der Waals surface area contributed by atoms with Crippen LogP contribution in [0.1, 0.15) is 19.4 Å². The summed E-state index contributed by atoms with van der Waals surface area (Å²) in [5.74, 6) is 0.751. The highest BCUT2D eigenvalue weighted by Crippen LogP contribution is 2.17. The Balaban J connectivity index is 2.54. The van der Waals surface area contributed by atoms with E-state index in [0.717, 1.165) is 17.7 Å². The lowest BCUT2D eigenvalue weighted by molar-refractivity contribution is -0.129. The number of amides is 2. The fourth-order valence-electron chi connectivity index (χ4n) is 1.96. The van der Waals surface area contributed by atoms with Crippen LogP contribution in [0.15, 0.2) is 24.3 Å². The van der Waals surface area contributed by atoms with Gasteiger partial charge in [0.05, 0.1) is 7.11 Å². The molecule has 0 aliphatic carbocycles. The molecule has 0 radical (unpaired) electrons. The first-order valence-electron chi connectivity index (χ1n) is 6.66. The fourth-order valence-corrected chi connectivity index (χ4v) is 1.96. The molecular formula is C15H22N2O3. The van der Waals surface area contributed by atoms with Crippen LogP contribution in [0.4, 0.5) is 0 Å². The molecular weight excluding hydrogens is 256 g/mol. The number of carbonyl (C=O) groups is 2. The number of hydrogen-bond acceptors (Lipinski definition) is 3. The molecule has 1 N–H and O–H groups in total. The average Bonchev–Trinajstić information content (AvgIpc) is 2.42. The molecule has 0 atom stereocenters. The Labute approximate surface area is 119 Å². The van der Waals surface area contributed by atoms with Crippen LogP contribution >= 0.6 is 0 Å². The molecule has 1 aromatic rings. The Kier molecular flexibility index (Phi) is 6.56. The van der Waals surface area contributed by atoms with Crippen LogP contribution in [0, 0.1) is 0 Å². The van der Waals surface area contributed by atoms with Crippen molar-refractivity contribution in [2.75, 3.05) is 26.7 Å². The standard InChI is InChI=1S/C15H22N2O3/c1-12(18)16-9-11-17(13(2)19)10-8-14-6-4-5-7-15(14)20-3/h4-7H,8-11H2,1-3H3,(H,16,18). The molecule has 20 heavy (non-hydrogen) atoms. The first-order valence-corrected chi connectivity index (χ1v) is 6.66. The Bertz CT molecular complexity index is 460. The van der Waals surface area contributed by atoms with Gasteiger partial charge in [-0.25, -0.2) is 0 Å². The summed E-state index contributed by atoms with van der Waals surface area (Å²) >= 11 is 0. The lowest BCUT2D eigenvalue weighted by atomic mass is 10.1. The maximum Gasteiger partial charge on any atom is 0.219 e. The molecule has 0 saturated heterocycles. The van der Waals surface area contributed by atoms with Gasteiger partial charge in [-0.3, -0.25) is 9.59 Å². The maximum absolute atomic E-state index is 11.6. The summed E-state index contributed by atoms with van der Waals surface area (Å²) in [4.78, 5) is 24.1. The van der Waals surface area contributed by atoms with E-state index in [1.165, 1.54) is 13.8 Å². The van der Waals surface area contributed by atoms with Crippen molar-refractivity contribution >= 4 is 11.8 Å². The number of para-hydroxylation sites is 1. The van der Waals surface area contributed by atoms with Crippen LogP contribution in [-0.4, -0.2) is 43.5 Å². The topological polar surface area (TPSA) is 58.6 Å². The van der Waals surface area contributed by atoms with Crippen molar-refractivity contribution in [1.82, 2.24) is 10.2 Å². The van der Waals surface area contributed by atoms with Crippen molar-refractivity contribution in [2.24, 2.45) is 0 Å². The summed E-state index contributed by atoms with van der Waals surface area (Å²) < 4.78 is 5.29. The average molecular weight is 278 g/mol. The van der Waals surface area contributed by atoms with Crippen molar-refractivity contribution in [2.45, 2.75) is 20.3 Å². The monoisotopic (exact) mass is 278 g/mol. The second-order valence-electron chi connectivity index (χ2n) is 4.55. The quantitative estimate of drug-likeness (QED) is 0.816. The number of ether oxygens (including phenoxy) is 1. The second kappa shape index (κ2) is 8.19. The van der Waals surface area contributed by atoms with Gasteiger partial charge in [0.1, 0.15) is 5.75 Å². The summed E-state index contributed by atoms with van der Waals surface area (Å²) in [7, 11) is 1.64. The van der Waals surface area contributed by atoms with Gasteiger partial charge in [0.2, 0.25) is 11.8 Å². The largest absolute Gasteiger partial charge is 0.496 e. The fraction of sp³-hybridized carbons (Fsp3) is 0.467. The van der Waals surface area contributed by atoms with Gasteiger partial charge in [-0.05, 0) is 18.1 Å². The lowest BCUT2D eigenvalue weighted by Crippen LogP contribution is -2.38. The zero-order valence-corrected chi connectivity index (χ0v) is 12.3. The van der Waals surface area contributed by atoms with Gasteiger partial charge in [-0.15, -0.1) is 0 Å². The van der Waals surface area contributed by atoms with Crippen molar-refractivity contribution in [3.8, 4) is 5.75 Å². The second-order valence-corrected chi connectivity index (χ2v) is 4.55. The normalized spacial score (nSPS) is 9.95. The summed E-state index contributed by atoms with van der Waals surface area (Å²) in [6, 6.07) is 7.77. The minimum atomic E-state index is -0.0850. The molecule has 1 aromatic carbocycles. The third-order valence-corrected chi connectivity index (χ3v) is 3.04. The number of nitrogens with one attached hydrogen (secondary N) is 1. The van der Waals surface area contributed by atoms with E-state index in [1.54, 1.807) is 12.0 Å². The van der Waals surface area contributed by atoms with Crippen LogP contribution in [0.5, 0.6) is 5.75 Å². The van der Waals surface area contributed by atoms with E-state index in [9.17, 15) is 9.59 Å². The molecule has 0 saturated carbocycles. The first kappa shape index (κ1) is 16.0. The zero-order chi connectivity index (χ0) is 15.0. The van der Waals surface area contributed by atoms with E-state index in [2.05, 4.69) is 5.32 Å². The molecule has 0 aromatic heterocycles. The van der Waals surface area contributed by atoms with Crippen molar-refractivity contribution in [3.05, 3.63) is 29.8 Å². The lowest BCUT2D eigenvalue weighted by Gasteiger charge is -2.21. The third kappa shape index (κ3) is 5.30. The smallest absolute Gasteiger partial charge is 0.219 e. The van der Waals surface area contributed by atoms with E-state index in [1.807, 2.05) is 24.3 Å². The highest BCUT2D eigenvalue weighted by Gasteiger charge is 2.10. The van der Waals surface area contributed by atoms with Crippen LogP contribution in [-0.2, 0) is 16.0 Å². The predicted octanol–water partition coefficient (Wildman–Crippen LogP) is 1.22. The number of benzene rings is 1. The molecule has 0 aliphatic heterocycles.